The van der Waals surface area contributed by atoms with E-state index in [1.165, 1.54) is 77.3 Å². The second-order valence-corrected chi connectivity index (χ2v) is 16.8. The molecule has 276 valence electrons. The fourth-order valence-electron chi connectivity index (χ4n) is 11.1. The molecule has 4 fully saturated rings. The van der Waals surface area contributed by atoms with Gasteiger partial charge in [0.05, 0.1) is 0 Å². The smallest absolute Gasteiger partial charge is 0.315 e. The normalized spacial score (nSPS) is 30.9. The van der Waals surface area contributed by atoms with Gasteiger partial charge in [-0.3, -0.25) is 9.80 Å². The van der Waals surface area contributed by atoms with Crippen LogP contribution in [0.2, 0.25) is 0 Å². The zero-order valence-electron chi connectivity index (χ0n) is 30.8. The number of nitrogens with one attached hydrogen (secondary N) is 4. The molecule has 8 heteroatoms. The number of nitrogens with zero attached hydrogens (tertiary/aromatic N) is 2. The monoisotopic (exact) mass is 694 g/mol. The molecule has 8 rings (SSSR count). The molecule has 8 nitrogen and oxygen atoms in total. The highest BCUT2D eigenvalue weighted by molar-refractivity contribution is 5.74. The quantitative estimate of drug-likeness (QED) is 0.150. The summed E-state index contributed by atoms with van der Waals surface area (Å²) in [6.45, 7) is 3.79. The van der Waals surface area contributed by atoms with Crippen molar-refractivity contribution in [3.05, 3.63) is 70.8 Å². The lowest BCUT2D eigenvalue weighted by Gasteiger charge is -2.31. The molecule has 4 heterocycles. The number of urea groups is 2. The van der Waals surface area contributed by atoms with Crippen LogP contribution >= 0.6 is 0 Å². The Kier molecular flexibility index (Phi) is 11.2. The Bertz CT molecular complexity index is 1310. The summed E-state index contributed by atoms with van der Waals surface area (Å²) in [5, 5.41) is 12.6. The average Bonchev–Trinajstić information content (AvgIpc) is 3.92. The molecule has 6 aliphatic rings. The van der Waals surface area contributed by atoms with Gasteiger partial charge >= 0.3 is 12.1 Å². The first-order chi connectivity index (χ1) is 25.1. The van der Waals surface area contributed by atoms with Gasteiger partial charge in [-0.1, -0.05) is 48.5 Å². The van der Waals surface area contributed by atoms with Crippen LogP contribution in [0.5, 0.6) is 0 Å². The maximum atomic E-state index is 12.5. The summed E-state index contributed by atoms with van der Waals surface area (Å²) in [7, 11) is 0. The minimum Gasteiger partial charge on any atom is -0.338 e. The zero-order valence-corrected chi connectivity index (χ0v) is 30.8. The van der Waals surface area contributed by atoms with E-state index in [0.717, 1.165) is 56.8 Å². The van der Waals surface area contributed by atoms with E-state index in [-0.39, 0.29) is 12.1 Å². The maximum absolute atomic E-state index is 12.5. The summed E-state index contributed by atoms with van der Waals surface area (Å²) in [6.07, 6.45) is 20.0. The van der Waals surface area contributed by atoms with E-state index in [1.54, 1.807) is 22.3 Å². The van der Waals surface area contributed by atoms with Crippen molar-refractivity contribution < 1.29 is 9.59 Å². The Hall–Kier alpha value is -3.10. The predicted molar refractivity (Wildman–Crippen MR) is 203 cm³/mol. The third-order valence-corrected chi connectivity index (χ3v) is 13.8. The van der Waals surface area contributed by atoms with Crippen LogP contribution in [0.25, 0.3) is 0 Å². The number of carbonyl (C=O) groups excluding carboxylic acids is 2. The van der Waals surface area contributed by atoms with Crippen LogP contribution in [0.1, 0.15) is 156 Å². The van der Waals surface area contributed by atoms with Gasteiger partial charge in [0.2, 0.25) is 0 Å². The second kappa shape index (κ2) is 16.3. The van der Waals surface area contributed by atoms with Gasteiger partial charge in [0.1, 0.15) is 0 Å². The van der Waals surface area contributed by atoms with Gasteiger partial charge in [0.15, 0.2) is 0 Å². The average molecular weight is 695 g/mol. The first kappa shape index (κ1) is 35.0. The van der Waals surface area contributed by atoms with E-state index in [2.05, 4.69) is 79.6 Å². The fraction of sp³-hybridized carbons (Fsp3) is 0.674. The first-order valence-corrected chi connectivity index (χ1v) is 20.9. The molecule has 51 heavy (non-hydrogen) atoms. The minimum atomic E-state index is -0.0224. The summed E-state index contributed by atoms with van der Waals surface area (Å²) in [4.78, 5) is 30.6. The molecule has 4 bridgehead atoms. The third kappa shape index (κ3) is 7.97. The van der Waals surface area contributed by atoms with E-state index >= 15 is 0 Å². The molecule has 2 aromatic rings. The fourth-order valence-corrected chi connectivity index (χ4v) is 11.1. The van der Waals surface area contributed by atoms with Crippen molar-refractivity contribution in [1.82, 2.24) is 31.1 Å². The standard InChI is InChI=1S/C43H62N6O2/c50-42(46-32-16-12-30(13-17-32)24-28-48-38-20-21-39(48)35-9-3-2-8-34(35)38)44-26-6-1-7-27-45-43(51)47-33-18-14-31(15-19-33)25-29-49-40-22-23-41(49)37-11-5-4-10-36(37)40/h2-5,8-11,30-33,38-41H,1,6-7,12-29H2,(H2,44,46,50)(H2,45,47,51). The number of amides is 4. The molecule has 2 saturated heterocycles. The molecule has 4 atom stereocenters. The van der Waals surface area contributed by atoms with E-state index in [1.807, 2.05) is 0 Å². The van der Waals surface area contributed by atoms with Gasteiger partial charge in [-0.2, -0.15) is 0 Å². The number of fused-ring (bicyclic) bond motifs is 10. The number of hydrogen-bond donors (Lipinski definition) is 4. The number of rotatable bonds is 14. The predicted octanol–water partition coefficient (Wildman–Crippen LogP) is 8.44. The largest absolute Gasteiger partial charge is 0.338 e. The van der Waals surface area contributed by atoms with Gasteiger partial charge in [0, 0.05) is 49.3 Å². The summed E-state index contributed by atoms with van der Waals surface area (Å²) in [6, 6.07) is 21.3. The lowest BCUT2D eigenvalue weighted by molar-refractivity contribution is 0.185. The highest BCUT2D eigenvalue weighted by atomic mass is 16.2. The molecular formula is C43H62N6O2. The Balaban J connectivity index is 0.617. The molecule has 0 spiro atoms. The van der Waals surface area contributed by atoms with Gasteiger partial charge in [-0.05, 0) is 156 Å². The Morgan fingerprint density at radius 2 is 0.843 bits per heavy atom. The van der Waals surface area contributed by atoms with Crippen molar-refractivity contribution in [2.24, 2.45) is 11.8 Å². The summed E-state index contributed by atoms with van der Waals surface area (Å²) >= 11 is 0. The molecule has 0 aromatic heterocycles. The van der Waals surface area contributed by atoms with Gasteiger partial charge in [-0.25, -0.2) is 9.59 Å². The van der Waals surface area contributed by atoms with Gasteiger partial charge < -0.3 is 21.3 Å². The van der Waals surface area contributed by atoms with Crippen LogP contribution < -0.4 is 21.3 Å². The molecule has 2 saturated carbocycles. The Morgan fingerprint density at radius 1 is 0.490 bits per heavy atom. The van der Waals surface area contributed by atoms with Gasteiger partial charge in [-0.15, -0.1) is 0 Å². The Morgan fingerprint density at radius 3 is 1.20 bits per heavy atom. The van der Waals surface area contributed by atoms with Crippen molar-refractivity contribution in [3.63, 3.8) is 0 Å². The van der Waals surface area contributed by atoms with Crippen molar-refractivity contribution >= 4 is 12.1 Å². The van der Waals surface area contributed by atoms with E-state index in [4.69, 9.17) is 0 Å². The minimum absolute atomic E-state index is 0.0224. The van der Waals surface area contributed by atoms with Crippen LogP contribution in [-0.2, 0) is 0 Å². The molecule has 4 unspecified atom stereocenters. The molecule has 4 N–H and O–H groups in total. The Labute approximate surface area is 306 Å². The van der Waals surface area contributed by atoms with E-state index in [0.29, 0.717) is 49.3 Å². The van der Waals surface area contributed by atoms with Crippen LogP contribution in [0.15, 0.2) is 48.5 Å². The SMILES string of the molecule is O=C(NCCCCCNC(=O)NC1CCC(CCN2C3CCC2c2ccccc23)CC1)NC1CCC(CCN2C3CCC2c2ccccc23)CC1. The lowest BCUT2D eigenvalue weighted by atomic mass is 9.84. The molecule has 2 aromatic carbocycles. The summed E-state index contributed by atoms with van der Waals surface area (Å²) in [5.74, 6) is 1.56. The van der Waals surface area contributed by atoms with Crippen molar-refractivity contribution in [1.29, 1.82) is 0 Å². The summed E-state index contributed by atoms with van der Waals surface area (Å²) in [5.41, 5.74) is 6.32. The third-order valence-electron chi connectivity index (χ3n) is 13.8. The highest BCUT2D eigenvalue weighted by Crippen LogP contribution is 2.54. The van der Waals surface area contributed by atoms with Crippen LogP contribution in [0, 0.1) is 11.8 Å². The maximum Gasteiger partial charge on any atom is 0.315 e. The second-order valence-electron chi connectivity index (χ2n) is 16.8. The van der Waals surface area contributed by atoms with Gasteiger partial charge in [0.25, 0.3) is 0 Å². The van der Waals surface area contributed by atoms with Crippen molar-refractivity contribution in [2.45, 2.75) is 145 Å². The van der Waals surface area contributed by atoms with Crippen molar-refractivity contribution in [2.75, 3.05) is 26.2 Å². The zero-order chi connectivity index (χ0) is 34.6. The van der Waals surface area contributed by atoms with Crippen LogP contribution in [-0.4, -0.2) is 60.1 Å². The first-order valence-electron chi connectivity index (χ1n) is 20.9. The molecule has 0 radical (unpaired) electrons. The summed E-state index contributed by atoms with van der Waals surface area (Å²) < 4.78 is 0. The highest BCUT2D eigenvalue weighted by Gasteiger charge is 2.44. The number of hydrogen-bond acceptors (Lipinski definition) is 4. The number of unbranched alkanes of at least 4 members (excludes halogenated alkanes) is 2. The van der Waals surface area contributed by atoms with Crippen molar-refractivity contribution in [3.8, 4) is 0 Å². The molecule has 4 aliphatic heterocycles. The number of carbonyl (C=O) groups is 2. The number of benzene rings is 2. The van der Waals surface area contributed by atoms with Crippen LogP contribution in [0.4, 0.5) is 9.59 Å². The molecule has 4 amide bonds. The van der Waals surface area contributed by atoms with E-state index in [9.17, 15) is 9.59 Å². The lowest BCUT2D eigenvalue weighted by Crippen LogP contribution is -2.44. The molecule has 2 aliphatic carbocycles. The molecular weight excluding hydrogens is 633 g/mol. The van der Waals surface area contributed by atoms with E-state index < -0.39 is 0 Å². The van der Waals surface area contributed by atoms with Crippen LogP contribution in [0.3, 0.4) is 0 Å². The topological polar surface area (TPSA) is 88.7 Å².